The number of aromatic carboxylic acids is 1. The van der Waals surface area contributed by atoms with Crippen molar-refractivity contribution in [3.05, 3.63) is 56.5 Å². The number of aromatic hydroxyl groups is 2. The van der Waals surface area contributed by atoms with Gasteiger partial charge in [-0.2, -0.15) is 0 Å². The van der Waals surface area contributed by atoms with Crippen LogP contribution in [0.1, 0.15) is 20.7 Å². The molecule has 2 aromatic carbocycles. The van der Waals surface area contributed by atoms with Crippen LogP contribution >= 0.6 is 31.9 Å². The van der Waals surface area contributed by atoms with Gasteiger partial charge in [0.2, 0.25) is 5.91 Å². The van der Waals surface area contributed by atoms with E-state index in [1.165, 1.54) is 36.4 Å². The van der Waals surface area contributed by atoms with Crippen molar-refractivity contribution in [2.24, 2.45) is 5.73 Å². The van der Waals surface area contributed by atoms with Gasteiger partial charge in [0.15, 0.2) is 0 Å². The average Bonchev–Trinajstić information content (AvgIpc) is 2.45. The van der Waals surface area contributed by atoms with Crippen LogP contribution in [0.5, 0.6) is 11.5 Å². The van der Waals surface area contributed by atoms with Crippen molar-refractivity contribution < 1.29 is 24.9 Å². The predicted octanol–water partition coefficient (Wildman–Crippen LogP) is 3.11. The summed E-state index contributed by atoms with van der Waals surface area (Å²) in [7, 11) is 0. The van der Waals surface area contributed by atoms with E-state index in [4.69, 9.17) is 21.1 Å². The SMILES string of the molecule is NC(=O)c1ccc(O)c(Br)c1.O=C(O)c1ccc(O)c(Br)c1. The number of halogens is 2. The fourth-order valence-electron chi connectivity index (χ4n) is 1.30. The Morgan fingerprint density at radius 3 is 1.64 bits per heavy atom. The molecule has 5 N–H and O–H groups in total. The van der Waals surface area contributed by atoms with Crippen molar-refractivity contribution >= 4 is 43.7 Å². The molecule has 1 amide bonds. The second-order valence-electron chi connectivity index (χ2n) is 4.00. The van der Waals surface area contributed by atoms with Gasteiger partial charge in [0.05, 0.1) is 14.5 Å². The normalized spacial score (nSPS) is 9.55. The average molecular weight is 433 g/mol. The van der Waals surface area contributed by atoms with Gasteiger partial charge in [-0.1, -0.05) is 0 Å². The summed E-state index contributed by atoms with van der Waals surface area (Å²) in [6.45, 7) is 0. The molecule has 0 saturated heterocycles. The van der Waals surface area contributed by atoms with Gasteiger partial charge in [0.1, 0.15) is 11.5 Å². The molecule has 116 valence electrons. The molecule has 6 nitrogen and oxygen atoms in total. The minimum absolute atomic E-state index is 0.0370. The van der Waals surface area contributed by atoms with E-state index in [1.807, 2.05) is 0 Å². The van der Waals surface area contributed by atoms with Crippen LogP contribution in [-0.4, -0.2) is 27.2 Å². The number of phenols is 2. The molecule has 0 bridgehead atoms. The van der Waals surface area contributed by atoms with Crippen molar-refractivity contribution in [1.82, 2.24) is 0 Å². The van der Waals surface area contributed by atoms with Crippen molar-refractivity contribution in [2.75, 3.05) is 0 Å². The molecule has 0 heterocycles. The molecular weight excluding hydrogens is 422 g/mol. The first-order chi connectivity index (χ1) is 10.2. The standard InChI is InChI=1S/C7H6BrNO2.C7H5BrO3/c8-5-3-4(7(9)11)1-2-6(5)10;8-5-3-4(7(10)11)1-2-6(5)9/h1-3,10H,(H2,9,11);1-3,9H,(H,10,11). The van der Waals surface area contributed by atoms with Gasteiger partial charge < -0.3 is 21.1 Å². The van der Waals surface area contributed by atoms with Gasteiger partial charge in [0.25, 0.3) is 0 Å². The maximum absolute atomic E-state index is 10.6. The highest BCUT2D eigenvalue weighted by Gasteiger charge is 2.04. The lowest BCUT2D eigenvalue weighted by atomic mass is 10.2. The Balaban J connectivity index is 0.000000220. The van der Waals surface area contributed by atoms with E-state index in [1.54, 1.807) is 0 Å². The van der Waals surface area contributed by atoms with Gasteiger partial charge in [-0.05, 0) is 68.3 Å². The Bertz CT molecular complexity index is 657. The lowest BCUT2D eigenvalue weighted by molar-refractivity contribution is 0.0696. The molecule has 0 fully saturated rings. The van der Waals surface area contributed by atoms with Crippen LogP contribution in [0.3, 0.4) is 0 Å². The minimum Gasteiger partial charge on any atom is -0.507 e. The molecule has 0 atom stereocenters. The third-order valence-corrected chi connectivity index (χ3v) is 3.70. The summed E-state index contributed by atoms with van der Waals surface area (Å²) >= 11 is 6.06. The maximum Gasteiger partial charge on any atom is 0.335 e. The summed E-state index contributed by atoms with van der Waals surface area (Å²) in [5, 5.41) is 26.5. The smallest absolute Gasteiger partial charge is 0.335 e. The second-order valence-corrected chi connectivity index (χ2v) is 5.71. The molecule has 0 unspecified atom stereocenters. The zero-order chi connectivity index (χ0) is 16.9. The molecule has 0 aliphatic carbocycles. The molecule has 22 heavy (non-hydrogen) atoms. The van der Waals surface area contributed by atoms with Crippen molar-refractivity contribution in [1.29, 1.82) is 0 Å². The van der Waals surface area contributed by atoms with E-state index >= 15 is 0 Å². The van der Waals surface area contributed by atoms with Crippen LogP contribution in [0.25, 0.3) is 0 Å². The van der Waals surface area contributed by atoms with Crippen molar-refractivity contribution in [3.8, 4) is 11.5 Å². The zero-order valence-corrected chi connectivity index (χ0v) is 14.1. The van der Waals surface area contributed by atoms with E-state index in [2.05, 4.69) is 31.9 Å². The number of phenolic OH excluding ortho intramolecular Hbond substituents is 2. The lowest BCUT2D eigenvalue weighted by Crippen LogP contribution is -2.10. The summed E-state index contributed by atoms with van der Waals surface area (Å²) in [5.74, 6) is -1.39. The number of carbonyl (C=O) groups excluding carboxylic acids is 1. The van der Waals surface area contributed by atoms with Crippen molar-refractivity contribution in [2.45, 2.75) is 0 Å². The van der Waals surface area contributed by atoms with E-state index in [9.17, 15) is 9.59 Å². The number of carbonyl (C=O) groups is 2. The third kappa shape index (κ3) is 5.05. The predicted molar refractivity (Wildman–Crippen MR) is 87.1 cm³/mol. The van der Waals surface area contributed by atoms with Crippen LogP contribution in [-0.2, 0) is 0 Å². The maximum atomic E-state index is 10.6. The molecule has 2 rings (SSSR count). The largest absolute Gasteiger partial charge is 0.507 e. The molecular formula is C14H11Br2NO5. The van der Waals surface area contributed by atoms with E-state index in [0.717, 1.165) is 0 Å². The Morgan fingerprint density at radius 1 is 0.864 bits per heavy atom. The second kappa shape index (κ2) is 7.81. The molecule has 0 aromatic heterocycles. The van der Waals surface area contributed by atoms with Gasteiger partial charge in [-0.3, -0.25) is 4.79 Å². The number of nitrogens with two attached hydrogens (primary N) is 1. The summed E-state index contributed by atoms with van der Waals surface area (Å²) in [6, 6.07) is 8.35. The quantitative estimate of drug-likeness (QED) is 0.580. The molecule has 8 heteroatoms. The number of carboxylic acid groups (broad SMARTS) is 1. The molecule has 0 radical (unpaired) electrons. The van der Waals surface area contributed by atoms with Crippen LogP contribution in [0.4, 0.5) is 0 Å². The van der Waals surface area contributed by atoms with Crippen LogP contribution in [0, 0.1) is 0 Å². The Hall–Kier alpha value is -2.06. The molecule has 0 spiro atoms. The minimum atomic E-state index is -1.01. The van der Waals surface area contributed by atoms with E-state index in [0.29, 0.717) is 14.5 Å². The number of amides is 1. The highest BCUT2D eigenvalue weighted by atomic mass is 79.9. The van der Waals surface area contributed by atoms with E-state index in [-0.39, 0.29) is 17.1 Å². The van der Waals surface area contributed by atoms with Crippen LogP contribution in [0.15, 0.2) is 45.3 Å². The Labute approximate surface area is 142 Å². The molecule has 0 aliphatic rings. The van der Waals surface area contributed by atoms with Crippen molar-refractivity contribution in [3.63, 3.8) is 0 Å². The number of benzene rings is 2. The number of carboxylic acids is 1. The fourth-order valence-corrected chi connectivity index (χ4v) is 2.06. The number of rotatable bonds is 2. The van der Waals surface area contributed by atoms with Gasteiger partial charge in [0, 0.05) is 5.56 Å². The zero-order valence-electron chi connectivity index (χ0n) is 11.0. The first-order valence-corrected chi connectivity index (χ1v) is 7.31. The molecule has 2 aromatic rings. The van der Waals surface area contributed by atoms with Gasteiger partial charge in [-0.25, -0.2) is 4.79 Å². The summed E-state index contributed by atoms with van der Waals surface area (Å²) in [4.78, 5) is 20.9. The lowest BCUT2D eigenvalue weighted by Gasteiger charge is -1.97. The summed E-state index contributed by atoms with van der Waals surface area (Å²) in [5.41, 5.74) is 5.51. The first kappa shape index (κ1) is 18.0. The molecule has 0 aliphatic heterocycles. The Morgan fingerprint density at radius 2 is 1.27 bits per heavy atom. The number of hydrogen-bond donors (Lipinski definition) is 4. The van der Waals surface area contributed by atoms with Crippen LogP contribution in [0.2, 0.25) is 0 Å². The van der Waals surface area contributed by atoms with Crippen LogP contribution < -0.4 is 5.73 Å². The highest BCUT2D eigenvalue weighted by Crippen LogP contribution is 2.24. The number of primary amides is 1. The topological polar surface area (TPSA) is 121 Å². The monoisotopic (exact) mass is 431 g/mol. The molecule has 0 saturated carbocycles. The van der Waals surface area contributed by atoms with Gasteiger partial charge >= 0.3 is 5.97 Å². The fraction of sp³-hybridized carbons (Fsp3) is 0. The summed E-state index contributed by atoms with van der Waals surface area (Å²) < 4.78 is 0.853. The third-order valence-electron chi connectivity index (χ3n) is 2.43. The Kier molecular flexibility index (Phi) is 6.39. The first-order valence-electron chi connectivity index (χ1n) is 5.72. The number of hydrogen-bond acceptors (Lipinski definition) is 4. The van der Waals surface area contributed by atoms with E-state index < -0.39 is 11.9 Å². The summed E-state index contributed by atoms with van der Waals surface area (Å²) in [6.07, 6.45) is 0. The highest BCUT2D eigenvalue weighted by molar-refractivity contribution is 9.10. The van der Waals surface area contributed by atoms with Gasteiger partial charge in [-0.15, -0.1) is 0 Å².